The predicted octanol–water partition coefficient (Wildman–Crippen LogP) is 5.04. The molecule has 1 heteroatoms. The van der Waals surface area contributed by atoms with Crippen LogP contribution in [-0.2, 0) is 4.74 Å². The standard InChI is InChI=1S/C18H32O/c1-5-13(2)12-19-17(3,4)18-9-14-6-15(10-18)8-16(7-14)11-18/h13-16H,5-12H2,1-4H3. The third kappa shape index (κ3) is 2.37. The summed E-state index contributed by atoms with van der Waals surface area (Å²) in [6, 6.07) is 0. The summed E-state index contributed by atoms with van der Waals surface area (Å²) in [7, 11) is 0. The van der Waals surface area contributed by atoms with Crippen molar-refractivity contribution in [2.75, 3.05) is 6.61 Å². The van der Waals surface area contributed by atoms with Crippen molar-refractivity contribution in [2.45, 2.75) is 78.2 Å². The van der Waals surface area contributed by atoms with E-state index < -0.39 is 0 Å². The third-order valence-corrected chi connectivity index (χ3v) is 6.74. The van der Waals surface area contributed by atoms with E-state index in [1.54, 1.807) is 0 Å². The maximum Gasteiger partial charge on any atom is 0.0682 e. The molecule has 1 nitrogen and oxygen atoms in total. The van der Waals surface area contributed by atoms with Gasteiger partial charge in [-0.1, -0.05) is 20.3 Å². The lowest BCUT2D eigenvalue weighted by Gasteiger charge is -2.62. The largest absolute Gasteiger partial charge is 0.375 e. The highest BCUT2D eigenvalue weighted by Crippen LogP contribution is 2.64. The van der Waals surface area contributed by atoms with E-state index in [0.29, 0.717) is 11.3 Å². The third-order valence-electron chi connectivity index (χ3n) is 6.74. The van der Waals surface area contributed by atoms with E-state index >= 15 is 0 Å². The van der Waals surface area contributed by atoms with E-state index in [1.807, 2.05) is 0 Å². The van der Waals surface area contributed by atoms with Crippen LogP contribution in [0.15, 0.2) is 0 Å². The minimum Gasteiger partial charge on any atom is -0.375 e. The first kappa shape index (κ1) is 13.9. The Hall–Kier alpha value is -0.0400. The quantitative estimate of drug-likeness (QED) is 0.675. The molecule has 0 aromatic carbocycles. The fourth-order valence-corrected chi connectivity index (χ4v) is 5.47. The predicted molar refractivity (Wildman–Crippen MR) is 80.1 cm³/mol. The summed E-state index contributed by atoms with van der Waals surface area (Å²) >= 11 is 0. The number of rotatable bonds is 5. The topological polar surface area (TPSA) is 9.23 Å². The molecule has 4 saturated carbocycles. The van der Waals surface area contributed by atoms with Gasteiger partial charge in [0.25, 0.3) is 0 Å². The van der Waals surface area contributed by atoms with Gasteiger partial charge in [-0.25, -0.2) is 0 Å². The molecule has 0 aromatic rings. The normalized spacial score (nSPS) is 42.6. The maximum atomic E-state index is 6.47. The summed E-state index contributed by atoms with van der Waals surface area (Å²) in [6.07, 6.45) is 10.2. The molecule has 0 amide bonds. The molecule has 1 unspecified atom stereocenters. The smallest absolute Gasteiger partial charge is 0.0682 e. The fourth-order valence-electron chi connectivity index (χ4n) is 5.47. The highest BCUT2D eigenvalue weighted by molar-refractivity contribution is 5.08. The molecule has 0 aliphatic heterocycles. The van der Waals surface area contributed by atoms with Crippen LogP contribution in [0.2, 0.25) is 0 Å². The van der Waals surface area contributed by atoms with Gasteiger partial charge in [0.2, 0.25) is 0 Å². The zero-order chi connectivity index (χ0) is 13.7. The van der Waals surface area contributed by atoms with Gasteiger partial charge >= 0.3 is 0 Å². The molecule has 0 N–H and O–H groups in total. The number of hydrogen-bond donors (Lipinski definition) is 0. The van der Waals surface area contributed by atoms with Crippen LogP contribution >= 0.6 is 0 Å². The molecule has 0 aromatic heterocycles. The molecule has 4 aliphatic carbocycles. The Balaban J connectivity index is 1.72. The van der Waals surface area contributed by atoms with Crippen LogP contribution in [-0.4, -0.2) is 12.2 Å². The summed E-state index contributed by atoms with van der Waals surface area (Å²) in [5.74, 6) is 3.78. The van der Waals surface area contributed by atoms with Crippen molar-refractivity contribution in [3.63, 3.8) is 0 Å². The molecule has 0 radical (unpaired) electrons. The lowest BCUT2D eigenvalue weighted by molar-refractivity contribution is -0.192. The van der Waals surface area contributed by atoms with Crippen LogP contribution in [0.3, 0.4) is 0 Å². The van der Waals surface area contributed by atoms with Crippen molar-refractivity contribution >= 4 is 0 Å². The molecule has 0 heterocycles. The molecule has 110 valence electrons. The van der Waals surface area contributed by atoms with Crippen LogP contribution < -0.4 is 0 Å². The molecular formula is C18H32O. The van der Waals surface area contributed by atoms with Crippen LogP contribution in [0.5, 0.6) is 0 Å². The van der Waals surface area contributed by atoms with Crippen molar-refractivity contribution in [1.29, 1.82) is 0 Å². The Morgan fingerprint density at radius 1 is 1.05 bits per heavy atom. The summed E-state index contributed by atoms with van der Waals surface area (Å²) in [5.41, 5.74) is 0.599. The highest BCUT2D eigenvalue weighted by atomic mass is 16.5. The zero-order valence-corrected chi connectivity index (χ0v) is 13.4. The van der Waals surface area contributed by atoms with Gasteiger partial charge in [0.15, 0.2) is 0 Å². The Morgan fingerprint density at radius 3 is 1.95 bits per heavy atom. The lowest BCUT2D eigenvalue weighted by Crippen LogP contribution is -2.57. The van der Waals surface area contributed by atoms with Gasteiger partial charge in [-0.15, -0.1) is 0 Å². The van der Waals surface area contributed by atoms with Gasteiger partial charge in [0.1, 0.15) is 0 Å². The van der Waals surface area contributed by atoms with Crippen molar-refractivity contribution in [3.8, 4) is 0 Å². The van der Waals surface area contributed by atoms with Gasteiger partial charge < -0.3 is 4.74 Å². The average Bonchev–Trinajstić information content (AvgIpc) is 2.34. The van der Waals surface area contributed by atoms with E-state index in [1.165, 1.54) is 44.9 Å². The molecule has 19 heavy (non-hydrogen) atoms. The van der Waals surface area contributed by atoms with E-state index in [4.69, 9.17) is 4.74 Å². The minimum absolute atomic E-state index is 0.0897. The van der Waals surface area contributed by atoms with Gasteiger partial charge in [-0.3, -0.25) is 0 Å². The monoisotopic (exact) mass is 264 g/mol. The van der Waals surface area contributed by atoms with Gasteiger partial charge in [-0.05, 0) is 81.5 Å². The van der Waals surface area contributed by atoms with Crippen LogP contribution in [0.4, 0.5) is 0 Å². The summed E-state index contributed by atoms with van der Waals surface area (Å²) in [4.78, 5) is 0. The maximum absolute atomic E-state index is 6.47. The van der Waals surface area contributed by atoms with Crippen LogP contribution in [0.25, 0.3) is 0 Å². The number of ether oxygens (including phenoxy) is 1. The fraction of sp³-hybridized carbons (Fsp3) is 1.00. The molecule has 0 spiro atoms. The SMILES string of the molecule is CCC(C)COC(C)(C)C12CC3CC(CC(C3)C1)C2. The second kappa shape index (κ2) is 4.76. The molecular weight excluding hydrogens is 232 g/mol. The second-order valence-electron chi connectivity index (χ2n) is 8.53. The molecule has 0 saturated heterocycles. The van der Waals surface area contributed by atoms with Crippen molar-refractivity contribution < 1.29 is 4.74 Å². The highest BCUT2D eigenvalue weighted by Gasteiger charge is 2.57. The minimum atomic E-state index is 0.0897. The van der Waals surface area contributed by atoms with E-state index in [-0.39, 0.29) is 5.60 Å². The van der Waals surface area contributed by atoms with Gasteiger partial charge in [0.05, 0.1) is 5.60 Å². The Labute approximate surface area is 119 Å². The van der Waals surface area contributed by atoms with Crippen LogP contribution in [0.1, 0.15) is 72.6 Å². The molecule has 4 aliphatic rings. The van der Waals surface area contributed by atoms with Crippen molar-refractivity contribution in [2.24, 2.45) is 29.1 Å². The second-order valence-corrected chi connectivity index (χ2v) is 8.53. The average molecular weight is 264 g/mol. The lowest BCUT2D eigenvalue weighted by atomic mass is 9.46. The first-order valence-electron chi connectivity index (χ1n) is 8.58. The Kier molecular flexibility index (Phi) is 3.48. The van der Waals surface area contributed by atoms with E-state index in [9.17, 15) is 0 Å². The number of hydrogen-bond acceptors (Lipinski definition) is 1. The van der Waals surface area contributed by atoms with Crippen molar-refractivity contribution in [1.82, 2.24) is 0 Å². The molecule has 4 bridgehead atoms. The molecule has 1 atom stereocenters. The van der Waals surface area contributed by atoms with Crippen molar-refractivity contribution in [3.05, 3.63) is 0 Å². The Morgan fingerprint density at radius 2 is 1.53 bits per heavy atom. The van der Waals surface area contributed by atoms with E-state index in [2.05, 4.69) is 27.7 Å². The molecule has 4 rings (SSSR count). The summed E-state index contributed by atoms with van der Waals surface area (Å²) in [5, 5.41) is 0. The zero-order valence-electron chi connectivity index (χ0n) is 13.4. The Bertz CT molecular complexity index is 295. The summed E-state index contributed by atoms with van der Waals surface area (Å²) in [6.45, 7) is 10.3. The first-order valence-corrected chi connectivity index (χ1v) is 8.58. The molecule has 4 fully saturated rings. The van der Waals surface area contributed by atoms with Gasteiger partial charge in [-0.2, -0.15) is 0 Å². The van der Waals surface area contributed by atoms with E-state index in [0.717, 1.165) is 24.4 Å². The first-order chi connectivity index (χ1) is 8.94. The van der Waals surface area contributed by atoms with Crippen LogP contribution in [0, 0.1) is 29.1 Å². The summed E-state index contributed by atoms with van der Waals surface area (Å²) < 4.78 is 6.47. The van der Waals surface area contributed by atoms with Gasteiger partial charge in [0, 0.05) is 6.61 Å².